The number of para-hydroxylation sites is 4. The van der Waals surface area contributed by atoms with Crippen molar-refractivity contribution in [2.45, 2.75) is 157 Å². The summed E-state index contributed by atoms with van der Waals surface area (Å²) in [6, 6.07) is 62.8. The zero-order chi connectivity index (χ0) is 103. The number of Topliss-reactive ketones (excluding diaryl/α,β-unsaturated/α-hetero) is 3. The molecule has 147 heavy (non-hydrogen) atoms. The van der Waals surface area contributed by atoms with E-state index in [2.05, 4.69) is 83.3 Å². The number of halogens is 2. The minimum Gasteiger partial charge on any atom is -0.512 e. The van der Waals surface area contributed by atoms with E-state index in [1.807, 2.05) is 281 Å². The van der Waals surface area contributed by atoms with Crippen molar-refractivity contribution in [1.29, 1.82) is 16.3 Å². The smallest absolute Gasteiger partial charge is 0.512 e. The third-order valence-electron chi connectivity index (χ3n) is 23.5. The molecule has 3 aliphatic rings. The van der Waals surface area contributed by atoms with Crippen molar-refractivity contribution in [1.82, 2.24) is 104 Å². The Bertz CT molecular complexity index is 7760. The minimum absolute atomic E-state index is 0. The quantitative estimate of drug-likeness (QED) is 0.0141. The number of hydrogen-bond donors (Lipinski definition) is 7. The van der Waals surface area contributed by atoms with Crippen LogP contribution in [0.4, 0.5) is 31.6 Å². The molecular weight excluding hydrogens is 2060 g/mol. The number of benzene rings is 8. The number of fused-ring (bicyclic) bond motifs is 5. The summed E-state index contributed by atoms with van der Waals surface area (Å²) in [5.41, 5.74) is 29.5. The Morgan fingerprint density at radius 2 is 0.796 bits per heavy atom. The Morgan fingerprint density at radius 1 is 0.463 bits per heavy atom. The Kier molecular flexibility index (Phi) is 36.6. The van der Waals surface area contributed by atoms with E-state index in [0.717, 1.165) is 136 Å². The van der Waals surface area contributed by atoms with Crippen LogP contribution in [0.2, 0.25) is 0 Å². The van der Waals surface area contributed by atoms with Crippen LogP contribution in [0.3, 0.4) is 0 Å². The van der Waals surface area contributed by atoms with Gasteiger partial charge in [-0.1, -0.05) is 97.1 Å². The van der Waals surface area contributed by atoms with Crippen molar-refractivity contribution in [3.63, 3.8) is 0 Å². The number of nitrogen functional groups attached to an aromatic ring is 1. The van der Waals surface area contributed by atoms with Crippen molar-refractivity contribution in [3.8, 4) is 67.8 Å². The van der Waals surface area contributed by atoms with E-state index in [0.29, 0.717) is 72.9 Å². The van der Waals surface area contributed by atoms with Gasteiger partial charge in [0, 0.05) is 80.3 Å². The van der Waals surface area contributed by atoms with Gasteiger partial charge < -0.3 is 57.1 Å². The van der Waals surface area contributed by atoms with Crippen LogP contribution < -0.4 is 11.3 Å². The minimum atomic E-state index is -0.600. The first-order valence-electron chi connectivity index (χ1n) is 46.3. The molecule has 12 heterocycles. The number of hydrogen-bond acceptors (Lipinski definition) is 24. The SMILES string of the molecule is CC(=O)c1[nH]nc(-c2ccc3c(cnn3-c3ccccc3)c2)c1I.CC(C)(C)OC(=O)N1CCC[C@@H](n2nc(-c3ccc4c(cnn4-c4ccccc4)c3)c3c(N)n[nH]c(=O)c32)C1.CC(C)(C)OC(=O)N1CCC[C@H](O)C1.Cl.N=N.O.[C-]#N.[C-]#[N+]c1c(-c2ccc3c(cnn3-c3ccccc3)c2)n[nH]c1C(C)=O.[C-]#[N+]c1c(-c2ccc3c(cnn3-c3ccccc3)c2)nn([C@@H]2CCCN(C(=O)OC(C)(C)C)C2)c1C(C)=O.[Cu+].[HH]. The fourth-order valence-corrected chi connectivity index (χ4v) is 18.0. The van der Waals surface area contributed by atoms with Crippen molar-refractivity contribution < 1.29 is 72.1 Å². The fraction of sp³-hybridized carbons (Fsp3) is 0.286. The molecule has 3 fully saturated rings. The second kappa shape index (κ2) is 48.4. The molecule has 0 bridgehead atoms. The number of aliphatic hydroxyl groups excluding tert-OH is 1. The van der Waals surface area contributed by atoms with Crippen molar-refractivity contribution in [2.24, 2.45) is 0 Å². The van der Waals surface area contributed by atoms with Gasteiger partial charge in [0.2, 0.25) is 11.4 Å². The molecule has 3 saturated heterocycles. The third-order valence-corrected chi connectivity index (χ3v) is 24.5. The number of nitrogens with zero attached hydrogens (tertiary/aromatic N) is 21. The van der Waals surface area contributed by atoms with E-state index in [1.54, 1.807) is 42.7 Å². The number of nitrogens with two attached hydrogens (primary N) is 1. The van der Waals surface area contributed by atoms with Gasteiger partial charge in [-0.3, -0.25) is 38.7 Å². The van der Waals surface area contributed by atoms with E-state index in [-0.39, 0.29) is 118 Å². The first kappa shape index (κ1) is 111. The van der Waals surface area contributed by atoms with Gasteiger partial charge in [0.1, 0.15) is 50.8 Å². The number of β-amino-alcohol motifs (C(OH)–C–C–N with tert-alkyl or cyclic N) is 1. The number of rotatable bonds is 13. The molecule has 0 aliphatic carbocycles. The summed E-state index contributed by atoms with van der Waals surface area (Å²) < 4.78 is 28.1. The van der Waals surface area contributed by atoms with Crippen molar-refractivity contribution in [2.75, 3.05) is 45.0 Å². The topological polar surface area (TPSA) is 508 Å². The number of ketones is 3. The molecule has 17 aromatic rings. The summed E-state index contributed by atoms with van der Waals surface area (Å²) in [7, 11) is 0. The molecule has 9 aromatic heterocycles. The van der Waals surface area contributed by atoms with E-state index >= 15 is 0 Å². The summed E-state index contributed by atoms with van der Waals surface area (Å²) >= 11 is 2.16. The molecule has 0 unspecified atom stereocenters. The Labute approximate surface area is 877 Å². The second-order valence-electron chi connectivity index (χ2n) is 37.2. The maximum atomic E-state index is 13.1. The number of anilines is 1. The molecule has 20 rings (SSSR count). The maximum absolute atomic E-state index is 13.1. The number of aliphatic hydroxyl groups is 1. The van der Waals surface area contributed by atoms with Crippen molar-refractivity contribution >= 4 is 142 Å². The Hall–Kier alpha value is -16.2. The van der Waals surface area contributed by atoms with Crippen molar-refractivity contribution in [3.05, 3.63) is 279 Å². The summed E-state index contributed by atoms with van der Waals surface area (Å²) in [6.45, 7) is 43.9. The monoisotopic (exact) mass is 2170 g/mol. The predicted octanol–water partition coefficient (Wildman–Crippen LogP) is 20.8. The third kappa shape index (κ3) is 25.6. The first-order valence-corrected chi connectivity index (χ1v) is 47.4. The van der Waals surface area contributed by atoms with E-state index in [1.165, 1.54) is 20.8 Å². The van der Waals surface area contributed by atoms with Crippen LogP contribution >= 0.6 is 35.0 Å². The molecule has 0 radical (unpaired) electrons. The van der Waals surface area contributed by atoms with Crippen LogP contribution in [0.25, 0.3) is 132 Å². The molecule has 0 spiro atoms. The molecule has 3 atom stereocenters. The van der Waals surface area contributed by atoms with Crippen LogP contribution in [-0.2, 0) is 31.3 Å². The molecule has 42 heteroatoms. The van der Waals surface area contributed by atoms with Gasteiger partial charge in [-0.2, -0.15) is 45.9 Å². The number of likely N-dealkylation sites (tertiary alicyclic amines) is 3. The van der Waals surface area contributed by atoms with Gasteiger partial charge in [0.15, 0.2) is 23.2 Å². The summed E-state index contributed by atoms with van der Waals surface area (Å²) in [5, 5.41) is 68.2. The number of nitrogens with one attached hydrogen (secondary N) is 5. The molecule has 8 aromatic carbocycles. The largest absolute Gasteiger partial charge is 1.00 e. The molecule has 0 saturated carbocycles. The molecule has 764 valence electrons. The summed E-state index contributed by atoms with van der Waals surface area (Å²) in [5.74, 6) is -0.272. The van der Waals surface area contributed by atoms with Gasteiger partial charge in [0.05, 0.1) is 121 Å². The van der Waals surface area contributed by atoms with Gasteiger partial charge in [-0.05, 0) is 245 Å². The van der Waals surface area contributed by atoms with E-state index in [9.17, 15) is 38.7 Å². The molecule has 3 amide bonds. The Balaban J connectivity index is 0.000000193. The number of aromatic nitrogens is 18. The van der Waals surface area contributed by atoms with Crippen LogP contribution in [-0.4, -0.2) is 212 Å². The standard InChI is InChI=1S/C29H30N6O3.C28H30N8O3.C19H13N5O.C18H13IN4O.C10H19NO3.CN.ClH.Cu.H2N2.H2O.H2/c1-19(36)27-26(30-5)25(32-35(27)23-12-9-15-33(18-23)28(37)38-29(2,3)4)20-13-14-24-21(16-20)17-31-34(24)22-10-7-6-8-11-22;1-28(2,3)39-27(38)34-13-7-10-20(16-34)36-24-22(25(29)31-32-26(24)37)23(33-36)17-11-12-21-18(14-17)15-30-35(21)19-8-5-4-6-9-19;1-12(25)17-19(20-2)18(23-22-17)13-8-9-16-14(10-13)11-21-24(16)15-6-4-3-5-7-15;1-11(24)17-16(19)18(22-21-17)12-7-8-15-13(9-12)10-20-23(15)14-5-3-2-4-6-14;1-10(2,3)14-9(13)11-6-4-5-8(12)7-11;1-2;;;1-2;;/h6-8,10-11,13-14,16-17,23H,9,12,15,18H2,1-4H3;4-6,8-9,11-12,14-15,20H,7,10,13,16H2,1-3H3,(H2,29,31)(H,32,37);3-11H,1H3,(H,22,23);2-10H,1H3,(H,21,22);8,12H,4-7H2,1-3H3;;1H;;1-2H;1H2;1H/q;;;;;-1;;+1;;;/t23-;20-;;;8-;;;;;;/m11..0....../s1. The average Bonchev–Trinajstić information content (AvgIpc) is 1.59. The van der Waals surface area contributed by atoms with Crippen LogP contribution in [0.5, 0.6) is 0 Å². The fourth-order valence-electron chi connectivity index (χ4n) is 17.1. The van der Waals surface area contributed by atoms with E-state index < -0.39 is 22.9 Å². The van der Waals surface area contributed by atoms with Crippen LogP contribution in [0, 0.1) is 39.6 Å². The average molecular weight is 2170 g/mol. The normalized spacial score (nSPS) is 14.3. The van der Waals surface area contributed by atoms with Gasteiger partial charge in [0.25, 0.3) is 5.56 Å². The molecule has 39 nitrogen and oxygen atoms in total. The maximum Gasteiger partial charge on any atom is 1.00 e. The van der Waals surface area contributed by atoms with Crippen LogP contribution in [0.15, 0.2) is 224 Å². The molecule has 10 N–H and O–H groups in total. The second-order valence-corrected chi connectivity index (χ2v) is 38.3. The van der Waals surface area contributed by atoms with Gasteiger partial charge >= 0.3 is 35.3 Å². The number of carbonyl (C=O) groups excluding carboxylic acids is 6. The number of piperidine rings is 3. The zero-order valence-corrected chi connectivity index (χ0v) is 86.5. The molecule has 3 aliphatic heterocycles. The van der Waals surface area contributed by atoms with Gasteiger partial charge in [-0.15, -0.1) is 12.4 Å². The Morgan fingerprint density at radius 3 is 1.15 bits per heavy atom. The number of ether oxygens (including phenoxy) is 3. The summed E-state index contributed by atoms with van der Waals surface area (Å²) in [6.07, 6.45) is 10.3. The predicted molar refractivity (Wildman–Crippen MR) is 566 cm³/mol. The van der Waals surface area contributed by atoms with Gasteiger partial charge in [-0.25, -0.2) is 59.0 Å². The van der Waals surface area contributed by atoms with Crippen LogP contribution in [0.1, 0.15) is 167 Å². The number of aromatic amines is 3. The zero-order valence-electron chi connectivity index (χ0n) is 82.6. The number of carbonyl (C=O) groups is 6. The number of H-pyrrole nitrogens is 3. The first-order chi connectivity index (χ1) is 69.1. The molecular formula is C105H112ClCuIN27O12. The summed E-state index contributed by atoms with van der Waals surface area (Å²) in [4.78, 5) is 98.3. The number of amides is 3. The van der Waals surface area contributed by atoms with E-state index in [4.69, 9.17) is 66.2 Å².